The number of piperidine rings is 1. The zero-order chi connectivity index (χ0) is 20.6. The molecule has 3 aliphatic rings. The van der Waals surface area contributed by atoms with Crippen LogP contribution >= 0.6 is 24.0 Å². The molecule has 3 fully saturated rings. The molecule has 176 valence electrons. The van der Waals surface area contributed by atoms with Gasteiger partial charge in [0.05, 0.1) is 18.9 Å². The standard InChI is InChI=1S/C24H40N4O2.HI/c1-19-11-14-28(15-12-19)21-8-6-20(7-9-21)27-24(26-18-23-5-3-17-30-23)25-13-10-22-4-2-16-29-22;/h2,4,16,19-21,23H,3,5-15,17-18H2,1H3,(H2,25,26,27);1H. The number of guanidine groups is 1. The van der Waals surface area contributed by atoms with Gasteiger partial charge in [-0.2, -0.15) is 0 Å². The van der Waals surface area contributed by atoms with Gasteiger partial charge in [0.2, 0.25) is 0 Å². The van der Waals surface area contributed by atoms with Crippen molar-refractivity contribution in [3.63, 3.8) is 0 Å². The minimum atomic E-state index is 0. The monoisotopic (exact) mass is 544 g/mol. The molecule has 0 bridgehead atoms. The molecule has 0 aromatic carbocycles. The van der Waals surface area contributed by atoms with Crippen LogP contribution in [0.4, 0.5) is 0 Å². The number of rotatable bonds is 7. The first-order valence-electron chi connectivity index (χ1n) is 12.2. The van der Waals surface area contributed by atoms with E-state index in [-0.39, 0.29) is 30.1 Å². The molecule has 7 heteroatoms. The molecule has 0 radical (unpaired) electrons. The maximum Gasteiger partial charge on any atom is 0.191 e. The lowest BCUT2D eigenvalue weighted by atomic mass is 9.88. The molecule has 2 N–H and O–H groups in total. The van der Waals surface area contributed by atoms with E-state index in [0.717, 1.165) is 62.6 Å². The van der Waals surface area contributed by atoms with Gasteiger partial charge in [0, 0.05) is 31.7 Å². The lowest BCUT2D eigenvalue weighted by Gasteiger charge is -2.40. The smallest absolute Gasteiger partial charge is 0.191 e. The molecule has 1 aromatic rings. The Morgan fingerprint density at radius 2 is 1.94 bits per heavy atom. The van der Waals surface area contributed by atoms with E-state index in [4.69, 9.17) is 14.1 Å². The summed E-state index contributed by atoms with van der Waals surface area (Å²) in [6.45, 7) is 7.45. The molecule has 2 saturated heterocycles. The predicted octanol–water partition coefficient (Wildman–Crippen LogP) is 4.20. The Labute approximate surface area is 205 Å². The van der Waals surface area contributed by atoms with Gasteiger partial charge >= 0.3 is 0 Å². The van der Waals surface area contributed by atoms with Gasteiger partial charge in [0.25, 0.3) is 0 Å². The average molecular weight is 545 g/mol. The highest BCUT2D eigenvalue weighted by Crippen LogP contribution is 2.27. The van der Waals surface area contributed by atoms with Gasteiger partial charge in [-0.3, -0.25) is 4.99 Å². The highest BCUT2D eigenvalue weighted by molar-refractivity contribution is 14.0. The second-order valence-corrected chi connectivity index (χ2v) is 9.45. The average Bonchev–Trinajstić information content (AvgIpc) is 3.47. The number of ether oxygens (including phenoxy) is 1. The summed E-state index contributed by atoms with van der Waals surface area (Å²) >= 11 is 0. The minimum absolute atomic E-state index is 0. The number of likely N-dealkylation sites (tertiary alicyclic amines) is 1. The number of aliphatic imine (C=N–C) groups is 1. The second-order valence-electron chi connectivity index (χ2n) is 9.45. The molecule has 1 aromatic heterocycles. The van der Waals surface area contributed by atoms with Crippen molar-refractivity contribution in [2.45, 2.75) is 82.9 Å². The first-order chi connectivity index (χ1) is 14.8. The van der Waals surface area contributed by atoms with E-state index in [1.165, 1.54) is 51.6 Å². The van der Waals surface area contributed by atoms with E-state index in [9.17, 15) is 0 Å². The van der Waals surface area contributed by atoms with Crippen LogP contribution in [0, 0.1) is 5.92 Å². The number of halogens is 1. The summed E-state index contributed by atoms with van der Waals surface area (Å²) in [6, 6.07) is 5.28. The third-order valence-electron chi connectivity index (χ3n) is 7.09. The van der Waals surface area contributed by atoms with Crippen molar-refractivity contribution in [3.05, 3.63) is 24.2 Å². The van der Waals surface area contributed by atoms with E-state index in [1.807, 2.05) is 12.1 Å². The zero-order valence-electron chi connectivity index (χ0n) is 19.1. The normalized spacial score (nSPS) is 28.3. The fourth-order valence-electron chi connectivity index (χ4n) is 5.07. The van der Waals surface area contributed by atoms with Crippen molar-refractivity contribution in [2.24, 2.45) is 10.9 Å². The Kier molecular flexibility index (Phi) is 10.4. The van der Waals surface area contributed by atoms with Crippen molar-refractivity contribution in [3.8, 4) is 0 Å². The van der Waals surface area contributed by atoms with Crippen molar-refractivity contribution >= 4 is 29.9 Å². The summed E-state index contributed by atoms with van der Waals surface area (Å²) in [5.74, 6) is 2.86. The van der Waals surface area contributed by atoms with E-state index < -0.39 is 0 Å². The van der Waals surface area contributed by atoms with Crippen LogP contribution in [0.5, 0.6) is 0 Å². The molecule has 6 nitrogen and oxygen atoms in total. The second kappa shape index (κ2) is 13.0. The zero-order valence-corrected chi connectivity index (χ0v) is 21.4. The van der Waals surface area contributed by atoms with Crippen LogP contribution in [0.1, 0.15) is 64.1 Å². The molecule has 2 aliphatic heterocycles. The highest BCUT2D eigenvalue weighted by atomic mass is 127. The summed E-state index contributed by atoms with van der Waals surface area (Å²) in [5, 5.41) is 7.25. The Morgan fingerprint density at radius 3 is 2.61 bits per heavy atom. The largest absolute Gasteiger partial charge is 0.469 e. The highest BCUT2D eigenvalue weighted by Gasteiger charge is 2.28. The summed E-state index contributed by atoms with van der Waals surface area (Å²) < 4.78 is 11.2. The van der Waals surface area contributed by atoms with Crippen molar-refractivity contribution in [2.75, 3.05) is 32.8 Å². The van der Waals surface area contributed by atoms with Gasteiger partial charge in [0.1, 0.15) is 5.76 Å². The maximum absolute atomic E-state index is 5.76. The van der Waals surface area contributed by atoms with Crippen LogP contribution in [0.25, 0.3) is 0 Å². The van der Waals surface area contributed by atoms with Gasteiger partial charge in [0.15, 0.2) is 5.96 Å². The Bertz CT molecular complexity index is 632. The van der Waals surface area contributed by atoms with Gasteiger partial charge in [-0.05, 0) is 82.5 Å². The van der Waals surface area contributed by atoms with Crippen LogP contribution in [-0.4, -0.2) is 61.8 Å². The molecule has 1 atom stereocenters. The molecule has 4 rings (SSSR count). The van der Waals surface area contributed by atoms with E-state index in [0.29, 0.717) is 6.04 Å². The molecular weight excluding hydrogens is 503 g/mol. The van der Waals surface area contributed by atoms with Crippen LogP contribution in [-0.2, 0) is 11.2 Å². The first kappa shape index (κ1) is 24.8. The number of hydrogen-bond acceptors (Lipinski definition) is 4. The van der Waals surface area contributed by atoms with Crippen LogP contribution in [0.3, 0.4) is 0 Å². The van der Waals surface area contributed by atoms with E-state index in [2.05, 4.69) is 22.5 Å². The van der Waals surface area contributed by atoms with Crippen LogP contribution in [0.15, 0.2) is 27.8 Å². The molecule has 1 saturated carbocycles. The molecule has 1 aliphatic carbocycles. The van der Waals surface area contributed by atoms with E-state index in [1.54, 1.807) is 6.26 Å². The topological polar surface area (TPSA) is 62.0 Å². The summed E-state index contributed by atoms with van der Waals surface area (Å²) in [6.07, 6.45) is 13.0. The fraction of sp³-hybridized carbons (Fsp3) is 0.792. The molecule has 1 unspecified atom stereocenters. The number of nitrogens with zero attached hydrogens (tertiary/aromatic N) is 2. The van der Waals surface area contributed by atoms with Crippen LogP contribution in [0.2, 0.25) is 0 Å². The number of furan rings is 1. The van der Waals surface area contributed by atoms with Crippen molar-refractivity contribution in [1.82, 2.24) is 15.5 Å². The summed E-state index contributed by atoms with van der Waals surface area (Å²) in [7, 11) is 0. The lowest BCUT2D eigenvalue weighted by molar-refractivity contribution is 0.105. The van der Waals surface area contributed by atoms with Gasteiger partial charge < -0.3 is 24.7 Å². The van der Waals surface area contributed by atoms with Gasteiger partial charge in [-0.25, -0.2) is 0 Å². The molecule has 0 amide bonds. The van der Waals surface area contributed by atoms with Crippen molar-refractivity contribution in [1.29, 1.82) is 0 Å². The number of hydrogen-bond donors (Lipinski definition) is 2. The maximum atomic E-state index is 5.76. The quantitative estimate of drug-likeness (QED) is 0.306. The third-order valence-corrected chi connectivity index (χ3v) is 7.09. The lowest BCUT2D eigenvalue weighted by Crippen LogP contribution is -2.49. The van der Waals surface area contributed by atoms with Gasteiger partial charge in [-0.1, -0.05) is 6.92 Å². The molecule has 31 heavy (non-hydrogen) atoms. The van der Waals surface area contributed by atoms with Gasteiger partial charge in [-0.15, -0.1) is 24.0 Å². The predicted molar refractivity (Wildman–Crippen MR) is 136 cm³/mol. The Morgan fingerprint density at radius 1 is 1.13 bits per heavy atom. The first-order valence-corrected chi connectivity index (χ1v) is 12.2. The minimum Gasteiger partial charge on any atom is -0.469 e. The summed E-state index contributed by atoms with van der Waals surface area (Å²) in [4.78, 5) is 7.62. The molecule has 3 heterocycles. The molecular formula is C24H41IN4O2. The van der Waals surface area contributed by atoms with Crippen molar-refractivity contribution < 1.29 is 9.15 Å². The summed E-state index contributed by atoms with van der Waals surface area (Å²) in [5.41, 5.74) is 0. The SMILES string of the molecule is CC1CCN(C2CCC(NC(=NCC3CCCO3)NCCc3ccco3)CC2)CC1.I. The number of nitrogens with one attached hydrogen (secondary N) is 2. The third kappa shape index (κ3) is 7.93. The Balaban J connectivity index is 0.00000272. The fourth-order valence-corrected chi connectivity index (χ4v) is 5.07. The molecule has 0 spiro atoms. The van der Waals surface area contributed by atoms with Crippen LogP contribution < -0.4 is 10.6 Å². The van der Waals surface area contributed by atoms with E-state index >= 15 is 0 Å². The Hall–Kier alpha value is -0.800.